The summed E-state index contributed by atoms with van der Waals surface area (Å²) < 4.78 is 42.9. The summed E-state index contributed by atoms with van der Waals surface area (Å²) in [7, 11) is 0. The SMILES string of the molecule is Oc1cc(Cl)c2c(c1)-c1ncc3c(nc(OC[C@@]45CCCN4C[C@H](F)C5)nc3c1F)N1CCCC(Cc3noc(n3)CC2)C1. The van der Waals surface area contributed by atoms with Crippen molar-refractivity contribution in [1.29, 1.82) is 0 Å². The summed E-state index contributed by atoms with van der Waals surface area (Å²) in [6.07, 6.45) is 6.20. The molecule has 0 radical (unpaired) electrons. The maximum atomic E-state index is 16.7. The van der Waals surface area contributed by atoms with Gasteiger partial charge < -0.3 is 19.3 Å². The van der Waals surface area contributed by atoms with E-state index < -0.39 is 17.5 Å². The van der Waals surface area contributed by atoms with Crippen molar-refractivity contribution in [3.05, 3.63) is 46.4 Å². The summed E-state index contributed by atoms with van der Waals surface area (Å²) in [5.41, 5.74) is 0.619. The fourth-order valence-electron chi connectivity index (χ4n) is 7.64. The monoisotopic (exact) mass is 623 g/mol. The van der Waals surface area contributed by atoms with E-state index in [2.05, 4.69) is 29.9 Å². The number of pyridine rings is 1. The van der Waals surface area contributed by atoms with E-state index in [1.54, 1.807) is 6.20 Å². The van der Waals surface area contributed by atoms with Crippen LogP contribution in [0.4, 0.5) is 14.6 Å². The highest BCUT2D eigenvalue weighted by molar-refractivity contribution is 6.32. The van der Waals surface area contributed by atoms with Crippen LogP contribution in [0, 0.1) is 11.7 Å². The first-order valence-electron chi connectivity index (χ1n) is 15.3. The van der Waals surface area contributed by atoms with Crippen LogP contribution >= 0.6 is 11.6 Å². The lowest BCUT2D eigenvalue weighted by Crippen LogP contribution is -2.43. The van der Waals surface area contributed by atoms with Crippen LogP contribution in [-0.4, -0.2) is 79.6 Å². The Morgan fingerprint density at radius 2 is 2.05 bits per heavy atom. The molecule has 1 N–H and O–H groups in total. The smallest absolute Gasteiger partial charge is 0.319 e. The molecule has 3 saturated heterocycles. The second-order valence-electron chi connectivity index (χ2n) is 12.6. The molecule has 5 aliphatic heterocycles. The van der Waals surface area contributed by atoms with Crippen LogP contribution < -0.4 is 9.64 Å². The molecule has 4 aromatic rings. The number of benzene rings is 1. The summed E-state index contributed by atoms with van der Waals surface area (Å²) in [6, 6.07) is 2.93. The van der Waals surface area contributed by atoms with Gasteiger partial charge in [0, 0.05) is 55.7 Å². The molecule has 3 fully saturated rings. The molecule has 3 atom stereocenters. The maximum absolute atomic E-state index is 16.7. The highest BCUT2D eigenvalue weighted by Crippen LogP contribution is 2.42. The minimum atomic E-state index is -0.895. The summed E-state index contributed by atoms with van der Waals surface area (Å²) in [4.78, 5) is 22.9. The first-order chi connectivity index (χ1) is 21.3. The van der Waals surface area contributed by atoms with Gasteiger partial charge >= 0.3 is 6.01 Å². The second-order valence-corrected chi connectivity index (χ2v) is 13.0. The average molecular weight is 624 g/mol. The molecule has 44 heavy (non-hydrogen) atoms. The maximum Gasteiger partial charge on any atom is 0.319 e. The highest BCUT2D eigenvalue weighted by atomic mass is 35.5. The third kappa shape index (κ3) is 4.82. The number of alkyl halides is 1. The van der Waals surface area contributed by atoms with Crippen LogP contribution in [0.25, 0.3) is 22.2 Å². The lowest BCUT2D eigenvalue weighted by molar-refractivity contribution is 0.107. The Balaban J connectivity index is 1.27. The van der Waals surface area contributed by atoms with Gasteiger partial charge in [0.15, 0.2) is 11.6 Å². The van der Waals surface area contributed by atoms with E-state index >= 15 is 4.39 Å². The summed E-state index contributed by atoms with van der Waals surface area (Å²) >= 11 is 6.60. The van der Waals surface area contributed by atoms with Crippen LogP contribution in [0.2, 0.25) is 5.02 Å². The summed E-state index contributed by atoms with van der Waals surface area (Å²) in [5.74, 6) is 1.11. The Labute approximate surface area is 257 Å². The molecule has 1 aromatic carbocycles. The molecule has 0 aliphatic carbocycles. The Morgan fingerprint density at radius 1 is 1.14 bits per heavy atom. The number of nitrogens with zero attached hydrogens (tertiary/aromatic N) is 7. The van der Waals surface area contributed by atoms with Gasteiger partial charge in [0.25, 0.3) is 0 Å². The zero-order valence-electron chi connectivity index (χ0n) is 24.1. The van der Waals surface area contributed by atoms with Crippen molar-refractivity contribution in [3.8, 4) is 23.0 Å². The van der Waals surface area contributed by atoms with Crippen LogP contribution in [0.1, 0.15) is 49.4 Å². The number of halogens is 3. The van der Waals surface area contributed by atoms with Gasteiger partial charge in [-0.2, -0.15) is 15.0 Å². The highest BCUT2D eigenvalue weighted by Gasteiger charge is 2.49. The van der Waals surface area contributed by atoms with Gasteiger partial charge in [-0.1, -0.05) is 16.8 Å². The normalized spacial score (nSPS) is 25.1. The zero-order valence-corrected chi connectivity index (χ0v) is 24.9. The summed E-state index contributed by atoms with van der Waals surface area (Å²) in [5, 5.41) is 15.4. The van der Waals surface area contributed by atoms with Gasteiger partial charge in [0.1, 0.15) is 35.6 Å². The quantitative estimate of drug-likeness (QED) is 0.331. The van der Waals surface area contributed by atoms with Crippen molar-refractivity contribution >= 4 is 28.3 Å². The first kappa shape index (κ1) is 27.9. The van der Waals surface area contributed by atoms with Crippen molar-refractivity contribution in [2.24, 2.45) is 5.92 Å². The van der Waals surface area contributed by atoms with Crippen LogP contribution in [0.3, 0.4) is 0 Å². The molecular weight excluding hydrogens is 592 g/mol. The second kappa shape index (κ2) is 10.8. The Kier molecular flexibility index (Phi) is 6.82. The molecular formula is C31H32ClF2N7O3. The number of aromatic hydroxyl groups is 1. The van der Waals surface area contributed by atoms with Gasteiger partial charge in [-0.05, 0) is 62.3 Å². The van der Waals surface area contributed by atoms with E-state index in [-0.39, 0.29) is 40.5 Å². The minimum Gasteiger partial charge on any atom is -0.508 e. The molecule has 0 amide bonds. The van der Waals surface area contributed by atoms with Gasteiger partial charge in [-0.25, -0.2) is 8.78 Å². The minimum absolute atomic E-state index is 0.00681. The Bertz CT molecular complexity index is 1760. The number of hydrogen-bond acceptors (Lipinski definition) is 10. The van der Waals surface area contributed by atoms with E-state index in [1.165, 1.54) is 12.1 Å². The third-order valence-corrected chi connectivity index (χ3v) is 10.0. The predicted octanol–water partition coefficient (Wildman–Crippen LogP) is 5.09. The van der Waals surface area contributed by atoms with Gasteiger partial charge in [0.2, 0.25) is 5.89 Å². The van der Waals surface area contributed by atoms with E-state index in [0.29, 0.717) is 72.8 Å². The number of fused-ring (bicyclic) bond motifs is 3. The molecule has 3 aromatic heterocycles. The van der Waals surface area contributed by atoms with E-state index in [4.69, 9.17) is 25.8 Å². The predicted molar refractivity (Wildman–Crippen MR) is 158 cm³/mol. The largest absolute Gasteiger partial charge is 0.508 e. The molecule has 13 heteroatoms. The fraction of sp³-hybridized carbons (Fsp3) is 0.516. The lowest BCUT2D eigenvalue weighted by Gasteiger charge is -2.34. The number of ether oxygens (including phenoxy) is 1. The number of aryl methyl sites for hydroxylation is 1. The van der Waals surface area contributed by atoms with Crippen molar-refractivity contribution in [3.63, 3.8) is 0 Å². The third-order valence-electron chi connectivity index (χ3n) is 9.70. The number of rotatable bonds is 3. The molecule has 8 bridgehead atoms. The zero-order chi connectivity index (χ0) is 30.0. The molecule has 10 nitrogen and oxygen atoms in total. The van der Waals surface area contributed by atoms with Crippen molar-refractivity contribution in [2.45, 2.75) is 63.1 Å². The molecule has 8 heterocycles. The molecule has 5 aliphatic rings. The number of aromatic nitrogens is 5. The number of anilines is 1. The first-order valence-corrected chi connectivity index (χ1v) is 15.7. The Morgan fingerprint density at radius 3 is 2.95 bits per heavy atom. The lowest BCUT2D eigenvalue weighted by atomic mass is 9.94. The van der Waals surface area contributed by atoms with Gasteiger partial charge in [0.05, 0.1) is 10.9 Å². The van der Waals surface area contributed by atoms with Gasteiger partial charge in [-0.3, -0.25) is 9.88 Å². The number of phenolic OH excluding ortho intramolecular Hbond substituents is 1. The van der Waals surface area contributed by atoms with Crippen molar-refractivity contribution < 1.29 is 23.1 Å². The number of piperidine rings is 1. The number of hydrogen-bond donors (Lipinski definition) is 1. The standard InChI is InChI=1S/C31H32ClF2N7O3/c32-23-11-19(42)10-21-20(23)4-5-25-36-24(39-44-25)9-17-3-1-7-40(14-17)29-22-13-35-27(21)26(34)28(22)37-30(38-29)43-16-31-6-2-8-41(31)15-18(33)12-31/h10-11,13,17-18,42H,1-9,12,14-16H2/t17?,18-,31+/m1/s1. The van der Waals surface area contributed by atoms with Crippen molar-refractivity contribution in [2.75, 3.05) is 37.7 Å². The fourth-order valence-corrected chi connectivity index (χ4v) is 7.95. The Hall–Kier alpha value is -3.64. The van der Waals surface area contributed by atoms with Crippen LogP contribution in [0.5, 0.6) is 11.8 Å². The van der Waals surface area contributed by atoms with E-state index in [9.17, 15) is 9.50 Å². The van der Waals surface area contributed by atoms with Gasteiger partial charge in [-0.15, -0.1) is 0 Å². The molecule has 9 rings (SSSR count). The topological polar surface area (TPSA) is 114 Å². The molecule has 1 unspecified atom stereocenters. The number of phenols is 1. The molecule has 230 valence electrons. The molecule has 0 spiro atoms. The van der Waals surface area contributed by atoms with E-state index in [1.807, 2.05) is 0 Å². The van der Waals surface area contributed by atoms with Crippen molar-refractivity contribution in [1.82, 2.24) is 30.0 Å². The average Bonchev–Trinajstić information content (AvgIpc) is 3.69. The van der Waals surface area contributed by atoms with Crippen LogP contribution in [0.15, 0.2) is 22.9 Å². The van der Waals surface area contributed by atoms with E-state index in [0.717, 1.165) is 38.8 Å². The summed E-state index contributed by atoms with van der Waals surface area (Å²) in [6.45, 7) is 2.85. The molecule has 0 saturated carbocycles. The van der Waals surface area contributed by atoms with Crippen LogP contribution in [-0.2, 0) is 19.3 Å².